The topological polar surface area (TPSA) is 439 Å². The SMILES string of the molecule is CC(C)(C)OC(=O)NCCCc1c(C(=O)O)[nH]c2ccc(CC(=O)c3ccccc3)cc12.CCOC(=O)c1[nH]c2ccc(CC(=O)c3ccccc3)cc2c1CCCNC(=O)OC(C)(C)C.CCOC(=O)c1[nH]c2ccc(N)cc2c1CCCNC(=O)OC(C)(C)C.Cl.NCCCc1c(C(=O)O)[nH]c2ccc(CC(=O)c3ccccc3)cc12.[Cl-].[K+].[OH-]. The van der Waals surface area contributed by atoms with Crippen LogP contribution in [0, 0.1) is 0 Å². The number of aryl methyl sites for hydroxylation is 4. The number of alkyl carbamates (subject to hydrolysis) is 3. The third-order valence-corrected chi connectivity index (χ3v) is 18.1. The Morgan fingerprint density at radius 2 is 0.653 bits per heavy atom. The number of ether oxygens (including phenoxy) is 5. The molecule has 0 spiro atoms. The average molecular weight is 1730 g/mol. The number of hydrogen-bond donors (Lipinski definition) is 11. The maximum absolute atomic E-state index is 12.7. The largest absolute Gasteiger partial charge is 1.00 e. The third-order valence-electron chi connectivity index (χ3n) is 18.1. The third kappa shape index (κ3) is 31.7. The van der Waals surface area contributed by atoms with Crippen LogP contribution in [-0.4, -0.2) is 151 Å². The fraction of sp³-hybridized carbons (Fsp3) is 0.341. The quantitative estimate of drug-likeness (QED) is 0.00497. The van der Waals surface area contributed by atoms with E-state index < -0.39 is 59.0 Å². The van der Waals surface area contributed by atoms with Gasteiger partial charge in [0.05, 0.1) is 13.2 Å². The number of carboxylic acid groups (broad SMARTS) is 2. The van der Waals surface area contributed by atoms with Gasteiger partial charge in [0.25, 0.3) is 0 Å². The summed E-state index contributed by atoms with van der Waals surface area (Å²) in [5.41, 5.74) is 22.3. The molecule has 0 atom stereocenters. The van der Waals surface area contributed by atoms with Crippen LogP contribution in [0.15, 0.2) is 164 Å². The summed E-state index contributed by atoms with van der Waals surface area (Å²) in [5, 5.41) is 30.6. The molecule has 0 radical (unpaired) electrons. The van der Waals surface area contributed by atoms with Crippen LogP contribution >= 0.6 is 12.4 Å². The van der Waals surface area contributed by atoms with E-state index >= 15 is 0 Å². The first-order chi connectivity index (χ1) is 55.6. The number of carbonyl (C=O) groups excluding carboxylic acids is 8. The van der Waals surface area contributed by atoms with Gasteiger partial charge >= 0.3 is 93.5 Å². The predicted molar refractivity (Wildman–Crippen MR) is 461 cm³/mol. The number of nitrogen functional groups attached to an aromatic ring is 1. The number of anilines is 1. The zero-order valence-corrected chi connectivity index (χ0v) is 75.2. The van der Waals surface area contributed by atoms with Crippen LogP contribution in [0.25, 0.3) is 43.6 Å². The van der Waals surface area contributed by atoms with Crippen LogP contribution in [-0.2, 0) is 68.6 Å². The molecule has 11 rings (SSSR count). The molecular formula is C91H109Cl2KN9O18-. The number of carbonyl (C=O) groups is 10. The Kier molecular flexibility index (Phi) is 41.3. The molecule has 30 heteroatoms. The van der Waals surface area contributed by atoms with Crippen molar-refractivity contribution in [2.24, 2.45) is 5.73 Å². The van der Waals surface area contributed by atoms with Crippen LogP contribution in [0.5, 0.6) is 0 Å². The zero-order chi connectivity index (χ0) is 85.2. The minimum Gasteiger partial charge on any atom is -1.00 e. The number of hydrogen-bond acceptors (Lipinski definition) is 18. The molecule has 0 saturated heterocycles. The van der Waals surface area contributed by atoms with Crippen LogP contribution in [0.1, 0.15) is 214 Å². The van der Waals surface area contributed by atoms with Gasteiger partial charge in [-0.25, -0.2) is 33.6 Å². The summed E-state index contributed by atoms with van der Waals surface area (Å²) < 4.78 is 26.1. The number of fused-ring (bicyclic) bond motifs is 4. The normalized spacial score (nSPS) is 10.9. The van der Waals surface area contributed by atoms with Crippen molar-refractivity contribution >= 4 is 121 Å². The van der Waals surface area contributed by atoms with Crippen LogP contribution in [0.2, 0.25) is 0 Å². The minimum atomic E-state index is -1.04. The molecule has 4 heterocycles. The van der Waals surface area contributed by atoms with E-state index in [2.05, 4.69) is 35.9 Å². The van der Waals surface area contributed by atoms with Crippen molar-refractivity contribution in [2.45, 2.75) is 164 Å². The van der Waals surface area contributed by atoms with Crippen molar-refractivity contribution in [3.8, 4) is 0 Å². The summed E-state index contributed by atoms with van der Waals surface area (Å²) in [7, 11) is 0. The number of carboxylic acids is 2. The number of rotatable bonds is 30. The fourth-order valence-electron chi connectivity index (χ4n) is 13.0. The number of aromatic nitrogens is 4. The summed E-state index contributed by atoms with van der Waals surface area (Å²) in [4.78, 5) is 133. The van der Waals surface area contributed by atoms with Gasteiger partial charge in [0.2, 0.25) is 0 Å². The Morgan fingerprint density at radius 1 is 0.388 bits per heavy atom. The Hall–Kier alpha value is -10.7. The second-order valence-corrected chi connectivity index (χ2v) is 30.8. The molecule has 11 aromatic rings. The number of aromatic amines is 4. The molecular weight excluding hydrogens is 1620 g/mol. The number of esters is 2. The van der Waals surface area contributed by atoms with Crippen LogP contribution in [0.3, 0.4) is 0 Å². The molecule has 7 aromatic carbocycles. The second-order valence-electron chi connectivity index (χ2n) is 30.8. The molecule has 642 valence electrons. The number of amides is 3. The van der Waals surface area contributed by atoms with Gasteiger partial charge < -0.3 is 99.1 Å². The van der Waals surface area contributed by atoms with Crippen LogP contribution < -0.4 is 91.2 Å². The van der Waals surface area contributed by atoms with Crippen LogP contribution in [0.4, 0.5) is 20.1 Å². The molecule has 121 heavy (non-hydrogen) atoms. The molecule has 14 N–H and O–H groups in total. The van der Waals surface area contributed by atoms with Crippen molar-refractivity contribution in [2.75, 3.05) is 45.1 Å². The summed E-state index contributed by atoms with van der Waals surface area (Å²) in [6.07, 6.45) is 4.02. The first kappa shape index (κ1) is 103. The zero-order valence-electron chi connectivity index (χ0n) is 70.5. The number of Topliss-reactive ketones (excluding diaryl/α,β-unsaturated/α-hetero) is 3. The Bertz CT molecular complexity index is 5320. The number of H-pyrrole nitrogens is 4. The molecule has 0 aliphatic heterocycles. The Labute approximate surface area is 758 Å². The van der Waals surface area contributed by atoms with Gasteiger partial charge in [-0.2, -0.15) is 0 Å². The molecule has 4 aromatic heterocycles. The van der Waals surface area contributed by atoms with Crippen molar-refractivity contribution in [3.63, 3.8) is 0 Å². The molecule has 0 unspecified atom stereocenters. The number of nitrogens with two attached hydrogens (primary N) is 2. The minimum absolute atomic E-state index is 0. The predicted octanol–water partition coefficient (Wildman–Crippen LogP) is 10.8. The summed E-state index contributed by atoms with van der Waals surface area (Å²) in [6, 6.07) is 49.7. The second kappa shape index (κ2) is 48.7. The smallest absolute Gasteiger partial charge is 1.00 e. The van der Waals surface area contributed by atoms with E-state index in [0.29, 0.717) is 129 Å². The summed E-state index contributed by atoms with van der Waals surface area (Å²) >= 11 is 0. The van der Waals surface area contributed by atoms with Crippen molar-refractivity contribution in [3.05, 3.63) is 242 Å². The maximum Gasteiger partial charge on any atom is 1.00 e. The van der Waals surface area contributed by atoms with Gasteiger partial charge in [0, 0.05) is 105 Å². The number of ketones is 3. The molecule has 27 nitrogen and oxygen atoms in total. The molecule has 3 amide bonds. The fourth-order valence-corrected chi connectivity index (χ4v) is 13.0. The van der Waals surface area contributed by atoms with Crippen molar-refractivity contribution in [1.29, 1.82) is 0 Å². The van der Waals surface area contributed by atoms with Gasteiger partial charge in [0.1, 0.15) is 39.6 Å². The monoisotopic (exact) mass is 1720 g/mol. The molecule has 0 aliphatic carbocycles. The van der Waals surface area contributed by atoms with E-state index in [1.165, 1.54) is 0 Å². The summed E-state index contributed by atoms with van der Waals surface area (Å²) in [5.74, 6) is -2.76. The maximum atomic E-state index is 12.7. The van der Waals surface area contributed by atoms with E-state index in [0.717, 1.165) is 71.5 Å². The van der Waals surface area contributed by atoms with E-state index in [9.17, 15) is 58.2 Å². The van der Waals surface area contributed by atoms with Crippen molar-refractivity contribution in [1.82, 2.24) is 35.9 Å². The molecule has 0 bridgehead atoms. The molecule has 0 saturated carbocycles. The first-order valence-electron chi connectivity index (χ1n) is 39.1. The number of benzene rings is 7. The van der Waals surface area contributed by atoms with E-state index in [-0.39, 0.29) is 136 Å². The van der Waals surface area contributed by atoms with Gasteiger partial charge in [-0.1, -0.05) is 109 Å². The Morgan fingerprint density at radius 3 is 0.926 bits per heavy atom. The number of aromatic carboxylic acids is 2. The summed E-state index contributed by atoms with van der Waals surface area (Å²) in [6.45, 7) is 22.0. The number of nitrogens with one attached hydrogen (secondary N) is 7. The van der Waals surface area contributed by atoms with E-state index in [4.69, 9.17) is 35.2 Å². The van der Waals surface area contributed by atoms with Gasteiger partial charge in [-0.15, -0.1) is 12.4 Å². The Balaban J connectivity index is 0.000000338. The average Bonchev–Trinajstić information content (AvgIpc) is 1.67. The van der Waals surface area contributed by atoms with Gasteiger partial charge in [-0.3, -0.25) is 14.4 Å². The number of halogens is 2. The molecule has 0 aliphatic rings. The van der Waals surface area contributed by atoms with E-state index in [1.807, 2.05) is 157 Å². The van der Waals surface area contributed by atoms with E-state index in [1.54, 1.807) is 83.1 Å². The standard InChI is InChI=1S/C27H32N2O5.C25H28N2O5.C20H20N2O3.C19H27N3O4.2ClH.K.H2O/c1-5-33-25(31)24-20(12-9-15-28-26(32)34-27(2,3)4)21-16-18(13-14-22(21)29-24)17-23(30)19-10-7-6-8-11-19;1-25(2,3)32-24(31)26-13-7-10-18-19-14-16(11-12-20(19)27-22(18)23(29)30)15-21(28)17-8-5-4-6-9-17;21-10-4-7-15-16-11-13(8-9-17(16)22-19(15)20(24)25)12-18(23)14-5-2-1-3-6-14;1-5-25-17(23)16-13(14-11-12(20)8-9-15(14)22-16)7-6-10-21-18(24)26-19(2,3)4;;;;/h6-8,10-11,13-14,16,29H,5,9,12,15,17H2,1-4H3,(H,28,32);4-6,8-9,11-12,14,27H,7,10,13,15H2,1-3H3,(H,26,31)(H,29,30);1-3,5-6,8-9,11,22H,4,7,10,12,21H2,(H,24,25);8-9,11,22H,5-7,10,20H2,1-4H3,(H,21,24);2*1H;;1H2/q;;;;;;+1;/p-2. The first-order valence-corrected chi connectivity index (χ1v) is 39.1. The van der Waals surface area contributed by atoms with Gasteiger partial charge in [-0.05, 0) is 228 Å². The van der Waals surface area contributed by atoms with Crippen molar-refractivity contribution < 1.29 is 151 Å². The van der Waals surface area contributed by atoms with Gasteiger partial charge in [0.15, 0.2) is 17.3 Å². The molecule has 0 fully saturated rings.